The number of rotatable bonds is 12. The predicted octanol–water partition coefficient (Wildman–Crippen LogP) is 5.62. The molecule has 2 aliphatic rings. The first kappa shape index (κ1) is 32.3. The second kappa shape index (κ2) is 14.8. The monoisotopic (exact) mass is 631 g/mol. The molecule has 3 heterocycles. The number of carbonyl (C=O) groups is 2. The first-order valence-corrected chi connectivity index (χ1v) is 16.9. The van der Waals surface area contributed by atoms with E-state index in [1.54, 1.807) is 0 Å². The summed E-state index contributed by atoms with van der Waals surface area (Å²) in [7, 11) is 2.16. The number of imidazole rings is 2. The third-order valence-electron chi connectivity index (χ3n) is 9.14. The molecule has 1 aliphatic carbocycles. The summed E-state index contributed by atoms with van der Waals surface area (Å²) in [6, 6.07) is 16.4. The van der Waals surface area contributed by atoms with E-state index in [1.165, 1.54) is 6.42 Å². The molecule has 4 N–H and O–H groups in total. The molecule has 1 saturated carbocycles. The maximum absolute atomic E-state index is 12.6. The zero-order valence-corrected chi connectivity index (χ0v) is 27.6. The highest BCUT2D eigenvalue weighted by molar-refractivity contribution is 5.89. The maximum Gasteiger partial charge on any atom is 0.242 e. The van der Waals surface area contributed by atoms with Crippen LogP contribution in [0.2, 0.25) is 0 Å². The molecular formula is C38H45N7O2. The highest BCUT2D eigenvalue weighted by atomic mass is 16.2. The van der Waals surface area contributed by atoms with Gasteiger partial charge in [-0.3, -0.25) is 14.5 Å². The number of hydrogen-bond acceptors (Lipinski definition) is 5. The lowest BCUT2D eigenvalue weighted by molar-refractivity contribution is -0.130. The van der Waals surface area contributed by atoms with Crippen LogP contribution in [-0.2, 0) is 16.0 Å². The topological polar surface area (TPSA) is 119 Å². The lowest BCUT2D eigenvalue weighted by Gasteiger charge is -2.21. The van der Waals surface area contributed by atoms with Crippen LogP contribution in [0.3, 0.4) is 0 Å². The molecule has 47 heavy (non-hydrogen) atoms. The quantitative estimate of drug-likeness (QED) is 0.120. The molecule has 2 atom stereocenters. The van der Waals surface area contributed by atoms with Crippen LogP contribution >= 0.6 is 0 Å². The van der Waals surface area contributed by atoms with Gasteiger partial charge in [-0.1, -0.05) is 50.0 Å². The van der Waals surface area contributed by atoms with Gasteiger partial charge in [0.05, 0.1) is 29.8 Å². The summed E-state index contributed by atoms with van der Waals surface area (Å²) in [5.74, 6) is 8.56. The van der Waals surface area contributed by atoms with Gasteiger partial charge >= 0.3 is 0 Å². The number of nitrogens with zero attached hydrogens (tertiary/aromatic N) is 3. The summed E-state index contributed by atoms with van der Waals surface area (Å²) in [5, 5.41) is 5.91. The summed E-state index contributed by atoms with van der Waals surface area (Å²) in [4.78, 5) is 43.3. The lowest BCUT2D eigenvalue weighted by Crippen LogP contribution is -2.50. The van der Waals surface area contributed by atoms with E-state index in [0.717, 1.165) is 90.4 Å². The molecule has 2 aromatic heterocycles. The van der Waals surface area contributed by atoms with Crippen LogP contribution in [-0.4, -0.2) is 62.8 Å². The molecule has 2 amide bonds. The van der Waals surface area contributed by atoms with Crippen molar-refractivity contribution in [1.29, 1.82) is 0 Å². The van der Waals surface area contributed by atoms with E-state index in [0.29, 0.717) is 12.6 Å². The third-order valence-corrected chi connectivity index (χ3v) is 9.14. The number of amides is 2. The van der Waals surface area contributed by atoms with E-state index in [9.17, 15) is 9.59 Å². The van der Waals surface area contributed by atoms with Gasteiger partial charge in [0.15, 0.2) is 0 Å². The first-order valence-electron chi connectivity index (χ1n) is 16.9. The van der Waals surface area contributed by atoms with Crippen LogP contribution in [0.15, 0.2) is 60.9 Å². The fraction of sp³-hybridized carbons (Fsp3) is 0.421. The van der Waals surface area contributed by atoms with Gasteiger partial charge in [0, 0.05) is 30.0 Å². The van der Waals surface area contributed by atoms with Crippen molar-refractivity contribution in [3.8, 4) is 34.4 Å². The Morgan fingerprint density at radius 2 is 1.53 bits per heavy atom. The summed E-state index contributed by atoms with van der Waals surface area (Å²) in [5.41, 5.74) is 6.08. The first-order chi connectivity index (χ1) is 22.8. The molecule has 244 valence electrons. The SMILES string of the molecule is CC(C)C(NC(=O)C1CC1)C(=O)NCCCCc1ncc(-c2ccc(C#Cc3ccc(-c4cnc(C5CCCN5C)[nH]4)cc3)cc2)[nH]1. The predicted molar refractivity (Wildman–Crippen MR) is 184 cm³/mol. The summed E-state index contributed by atoms with van der Waals surface area (Å²) >= 11 is 0. The largest absolute Gasteiger partial charge is 0.354 e. The van der Waals surface area contributed by atoms with Crippen LogP contribution in [0, 0.1) is 23.7 Å². The molecule has 1 aliphatic heterocycles. The normalized spacial score (nSPS) is 16.9. The number of hydrogen-bond donors (Lipinski definition) is 4. The van der Waals surface area contributed by atoms with Crippen LogP contribution in [0.4, 0.5) is 0 Å². The summed E-state index contributed by atoms with van der Waals surface area (Å²) in [6.07, 6.45) is 10.5. The Balaban J connectivity index is 0.949. The van der Waals surface area contributed by atoms with Crippen molar-refractivity contribution in [2.24, 2.45) is 11.8 Å². The number of H-pyrrole nitrogens is 2. The van der Waals surface area contributed by atoms with Gasteiger partial charge < -0.3 is 20.6 Å². The van der Waals surface area contributed by atoms with Gasteiger partial charge in [0.1, 0.15) is 17.7 Å². The van der Waals surface area contributed by atoms with E-state index >= 15 is 0 Å². The van der Waals surface area contributed by atoms with Crippen molar-refractivity contribution in [1.82, 2.24) is 35.5 Å². The van der Waals surface area contributed by atoms with E-state index in [2.05, 4.69) is 90.8 Å². The average molecular weight is 632 g/mol. The average Bonchev–Trinajstić information content (AvgIpc) is 3.40. The molecule has 4 aromatic rings. The van der Waals surface area contributed by atoms with Crippen molar-refractivity contribution in [2.75, 3.05) is 20.1 Å². The number of carbonyl (C=O) groups excluding carboxylic acids is 2. The van der Waals surface area contributed by atoms with Gasteiger partial charge in [0.25, 0.3) is 0 Å². The van der Waals surface area contributed by atoms with Gasteiger partial charge in [0.2, 0.25) is 11.8 Å². The summed E-state index contributed by atoms with van der Waals surface area (Å²) < 4.78 is 0. The zero-order valence-electron chi connectivity index (χ0n) is 27.6. The summed E-state index contributed by atoms with van der Waals surface area (Å²) in [6.45, 7) is 5.61. The van der Waals surface area contributed by atoms with Gasteiger partial charge in [-0.05, 0) is 93.4 Å². The zero-order chi connectivity index (χ0) is 32.8. The van der Waals surface area contributed by atoms with E-state index < -0.39 is 6.04 Å². The van der Waals surface area contributed by atoms with Crippen LogP contribution in [0.1, 0.15) is 81.2 Å². The molecular weight excluding hydrogens is 586 g/mol. The molecule has 2 aromatic carbocycles. The van der Waals surface area contributed by atoms with Crippen molar-refractivity contribution in [2.45, 2.75) is 70.9 Å². The van der Waals surface area contributed by atoms with Crippen LogP contribution in [0.25, 0.3) is 22.5 Å². The van der Waals surface area contributed by atoms with Gasteiger partial charge in [-0.2, -0.15) is 0 Å². The number of benzene rings is 2. The van der Waals surface area contributed by atoms with E-state index in [1.807, 2.05) is 38.4 Å². The smallest absolute Gasteiger partial charge is 0.242 e. The Hall–Kier alpha value is -4.68. The minimum Gasteiger partial charge on any atom is -0.354 e. The van der Waals surface area contributed by atoms with Crippen molar-refractivity contribution >= 4 is 11.8 Å². The number of unbranched alkanes of at least 4 members (excludes halogenated alkanes) is 1. The molecule has 2 fully saturated rings. The van der Waals surface area contributed by atoms with E-state index in [4.69, 9.17) is 0 Å². The Morgan fingerprint density at radius 3 is 2.13 bits per heavy atom. The lowest BCUT2D eigenvalue weighted by atomic mass is 10.0. The van der Waals surface area contributed by atoms with Crippen LogP contribution < -0.4 is 10.6 Å². The standard InChI is InChI=1S/C38H45N7O2/c1-25(2)35(44-37(46)30-19-20-30)38(47)39-21-5-4-8-34-40-23-31(42-34)28-15-11-26(12-16-28)9-10-27-13-17-29(18-14-27)32-24-41-36(43-32)33-7-6-22-45(33)3/h11-18,23-25,30,33,35H,4-8,19-22H2,1-3H3,(H,39,47)(H,40,42)(H,41,43)(H,44,46). The maximum atomic E-state index is 12.6. The molecule has 9 nitrogen and oxygen atoms in total. The number of aromatic nitrogens is 4. The highest BCUT2D eigenvalue weighted by Crippen LogP contribution is 2.30. The molecule has 9 heteroatoms. The van der Waals surface area contributed by atoms with Gasteiger partial charge in [-0.25, -0.2) is 9.97 Å². The van der Waals surface area contributed by atoms with Crippen LogP contribution in [0.5, 0.6) is 0 Å². The minimum atomic E-state index is -0.481. The number of likely N-dealkylation sites (tertiary alicyclic amines) is 1. The molecule has 0 radical (unpaired) electrons. The molecule has 6 rings (SSSR count). The Kier molecular flexibility index (Phi) is 10.2. The third kappa shape index (κ3) is 8.38. The van der Waals surface area contributed by atoms with Crippen molar-refractivity contribution in [3.05, 3.63) is 83.7 Å². The Morgan fingerprint density at radius 1 is 0.894 bits per heavy atom. The second-order valence-electron chi connectivity index (χ2n) is 13.2. The number of nitrogens with one attached hydrogen (secondary N) is 4. The number of aryl methyl sites for hydroxylation is 1. The number of aromatic amines is 2. The minimum absolute atomic E-state index is 0.00349. The van der Waals surface area contributed by atoms with E-state index in [-0.39, 0.29) is 23.7 Å². The Labute approximate surface area is 277 Å². The molecule has 2 unspecified atom stereocenters. The molecule has 0 bridgehead atoms. The highest BCUT2D eigenvalue weighted by Gasteiger charge is 2.33. The molecule has 0 spiro atoms. The fourth-order valence-electron chi connectivity index (χ4n) is 6.05. The van der Waals surface area contributed by atoms with Crippen molar-refractivity contribution in [3.63, 3.8) is 0 Å². The molecule has 1 saturated heterocycles. The van der Waals surface area contributed by atoms with Gasteiger partial charge in [-0.15, -0.1) is 0 Å². The van der Waals surface area contributed by atoms with Crippen molar-refractivity contribution < 1.29 is 9.59 Å². The fourth-order valence-corrected chi connectivity index (χ4v) is 6.05. The Bertz CT molecular complexity index is 1720. The second-order valence-corrected chi connectivity index (χ2v) is 13.2.